The fraction of sp³-hybridized carbons (Fsp3) is 0.111. The van der Waals surface area contributed by atoms with E-state index in [9.17, 15) is 15.4 Å². The van der Waals surface area contributed by atoms with Crippen LogP contribution in [0.2, 0.25) is 0 Å². The second-order valence-electron chi connectivity index (χ2n) is 8.13. The van der Waals surface area contributed by atoms with Crippen molar-refractivity contribution in [2.75, 3.05) is 12.4 Å². The van der Waals surface area contributed by atoms with Gasteiger partial charge in [-0.05, 0) is 42.3 Å². The predicted octanol–water partition coefficient (Wildman–Crippen LogP) is 5.92. The molecule has 0 saturated heterocycles. The second kappa shape index (κ2) is 8.80. The molecule has 0 radical (unpaired) electrons. The topological polar surface area (TPSA) is 105 Å². The third-order valence-electron chi connectivity index (χ3n) is 6.11. The van der Waals surface area contributed by atoms with Crippen molar-refractivity contribution in [3.05, 3.63) is 105 Å². The van der Waals surface area contributed by atoms with Crippen molar-refractivity contribution < 1.29 is 9.66 Å². The molecule has 172 valence electrons. The zero-order chi connectivity index (χ0) is 24.5. The third-order valence-corrected chi connectivity index (χ3v) is 6.11. The van der Waals surface area contributed by atoms with Gasteiger partial charge in [0.25, 0.3) is 5.69 Å². The molecule has 0 spiro atoms. The van der Waals surface area contributed by atoms with E-state index < -0.39 is 4.92 Å². The number of anilines is 2. The molecule has 0 bridgehead atoms. The number of hydrogen-bond acceptors (Lipinski definition) is 6. The molecule has 5 aromatic rings. The van der Waals surface area contributed by atoms with Gasteiger partial charge in [0, 0.05) is 12.0 Å². The summed E-state index contributed by atoms with van der Waals surface area (Å²) in [6, 6.07) is 24.5. The molecule has 0 unspecified atom stereocenters. The number of aromatic nitrogens is 2. The molecule has 8 nitrogen and oxygen atoms in total. The van der Waals surface area contributed by atoms with Gasteiger partial charge in [-0.1, -0.05) is 42.5 Å². The molecule has 1 N–H and O–H groups in total. The van der Waals surface area contributed by atoms with Crippen LogP contribution in [0.1, 0.15) is 22.3 Å². The van der Waals surface area contributed by atoms with Gasteiger partial charge in [0.15, 0.2) is 5.65 Å². The number of nitriles is 1. The lowest BCUT2D eigenvalue weighted by molar-refractivity contribution is -0.384. The minimum Gasteiger partial charge on any atom is -0.496 e. The second-order valence-corrected chi connectivity index (χ2v) is 8.13. The Hall–Kier alpha value is -4.90. The van der Waals surface area contributed by atoms with Gasteiger partial charge in [0.05, 0.1) is 34.7 Å². The van der Waals surface area contributed by atoms with E-state index in [0.717, 1.165) is 27.7 Å². The summed E-state index contributed by atoms with van der Waals surface area (Å²) in [7, 11) is 1.47. The van der Waals surface area contributed by atoms with E-state index in [1.54, 1.807) is 12.1 Å². The van der Waals surface area contributed by atoms with Gasteiger partial charge < -0.3 is 10.1 Å². The number of nitrogens with one attached hydrogen (secondary N) is 1. The lowest BCUT2D eigenvalue weighted by Crippen LogP contribution is -2.10. The van der Waals surface area contributed by atoms with Gasteiger partial charge in [-0.25, -0.2) is 4.98 Å². The van der Waals surface area contributed by atoms with E-state index in [4.69, 9.17) is 9.72 Å². The van der Waals surface area contributed by atoms with E-state index in [1.807, 2.05) is 65.9 Å². The molecule has 0 aliphatic heterocycles. The zero-order valence-electron chi connectivity index (χ0n) is 19.1. The number of pyridine rings is 1. The molecule has 35 heavy (non-hydrogen) atoms. The highest BCUT2D eigenvalue weighted by Gasteiger charge is 2.23. The normalized spacial score (nSPS) is 10.9. The zero-order valence-corrected chi connectivity index (χ0v) is 19.1. The number of imidazole rings is 1. The first-order chi connectivity index (χ1) is 17.0. The van der Waals surface area contributed by atoms with E-state index in [2.05, 4.69) is 11.4 Å². The summed E-state index contributed by atoms with van der Waals surface area (Å²) in [6.45, 7) is 1.89. The highest BCUT2D eigenvalue weighted by molar-refractivity contribution is 5.87. The quantitative estimate of drug-likeness (QED) is 0.248. The summed E-state index contributed by atoms with van der Waals surface area (Å²) in [5.74, 6) is 1.02. The SMILES string of the molecule is COc1ccc(Nc2c(Cc3ccccc3)c(C)c(C#N)c3nc4ccccc4n23)c([N+](=O)[O-])c1. The largest absolute Gasteiger partial charge is 0.496 e. The van der Waals surface area contributed by atoms with Crippen molar-refractivity contribution in [3.8, 4) is 11.8 Å². The molecule has 8 heteroatoms. The standard InChI is InChI=1S/C27H21N5O3/c1-17-20(14-18-8-4-3-5-9-18)26(30-23-13-12-19(35-2)15-25(23)32(33)34)31-24-11-7-6-10-22(24)29-27(31)21(17)16-28/h3-13,15,30H,14H2,1-2H3. The smallest absolute Gasteiger partial charge is 0.296 e. The van der Waals surface area contributed by atoms with Crippen LogP contribution >= 0.6 is 0 Å². The number of ether oxygens (including phenoxy) is 1. The number of benzene rings is 3. The molecule has 0 aliphatic carbocycles. The van der Waals surface area contributed by atoms with Crippen molar-refractivity contribution in [2.45, 2.75) is 13.3 Å². The van der Waals surface area contributed by atoms with Crippen molar-refractivity contribution in [3.63, 3.8) is 0 Å². The first-order valence-corrected chi connectivity index (χ1v) is 11.0. The van der Waals surface area contributed by atoms with Gasteiger partial charge in [-0.3, -0.25) is 14.5 Å². The van der Waals surface area contributed by atoms with Crippen LogP contribution in [0.25, 0.3) is 16.7 Å². The van der Waals surface area contributed by atoms with Crippen molar-refractivity contribution in [1.29, 1.82) is 5.26 Å². The highest BCUT2D eigenvalue weighted by Crippen LogP contribution is 2.37. The van der Waals surface area contributed by atoms with Crippen LogP contribution in [0.4, 0.5) is 17.2 Å². The van der Waals surface area contributed by atoms with Crippen molar-refractivity contribution in [1.82, 2.24) is 9.38 Å². The molecule has 5 rings (SSSR count). The molecule has 2 heterocycles. The maximum absolute atomic E-state index is 11.9. The Kier molecular flexibility index (Phi) is 5.51. The van der Waals surface area contributed by atoms with E-state index in [1.165, 1.54) is 13.2 Å². The maximum atomic E-state index is 11.9. The van der Waals surface area contributed by atoms with E-state index >= 15 is 0 Å². The minimum atomic E-state index is -0.443. The maximum Gasteiger partial charge on any atom is 0.296 e. The summed E-state index contributed by atoms with van der Waals surface area (Å²) < 4.78 is 7.08. The Bertz CT molecular complexity index is 1630. The lowest BCUT2D eigenvalue weighted by Gasteiger charge is -2.19. The van der Waals surface area contributed by atoms with Crippen LogP contribution in [0.5, 0.6) is 5.75 Å². The number of rotatable bonds is 6. The number of hydrogen-bond donors (Lipinski definition) is 1. The van der Waals surface area contributed by atoms with Crippen LogP contribution in [0.3, 0.4) is 0 Å². The van der Waals surface area contributed by atoms with Crippen LogP contribution in [0, 0.1) is 28.4 Å². The summed E-state index contributed by atoms with van der Waals surface area (Å²) in [5.41, 5.74) is 5.38. The van der Waals surface area contributed by atoms with E-state index in [-0.39, 0.29) is 5.69 Å². The Labute approximate surface area is 201 Å². The third kappa shape index (κ3) is 3.79. The van der Waals surface area contributed by atoms with Gasteiger partial charge in [-0.15, -0.1) is 0 Å². The van der Waals surface area contributed by atoms with Crippen LogP contribution in [-0.2, 0) is 6.42 Å². The van der Waals surface area contributed by atoms with Gasteiger partial charge in [0.1, 0.15) is 23.3 Å². The summed E-state index contributed by atoms with van der Waals surface area (Å²) in [4.78, 5) is 16.2. The van der Waals surface area contributed by atoms with Gasteiger partial charge >= 0.3 is 0 Å². The number of nitrogens with zero attached hydrogens (tertiary/aromatic N) is 4. The number of fused-ring (bicyclic) bond motifs is 3. The molecule has 3 aromatic carbocycles. The summed E-state index contributed by atoms with van der Waals surface area (Å²) in [5, 5.41) is 25.3. The fourth-order valence-electron chi connectivity index (χ4n) is 4.36. The Morgan fingerprint density at radius 3 is 2.57 bits per heavy atom. The average Bonchev–Trinajstić information content (AvgIpc) is 3.26. The predicted molar refractivity (Wildman–Crippen MR) is 134 cm³/mol. The Morgan fingerprint density at radius 1 is 1.11 bits per heavy atom. The molecule has 0 saturated carbocycles. The van der Waals surface area contributed by atoms with Crippen LogP contribution < -0.4 is 10.1 Å². The summed E-state index contributed by atoms with van der Waals surface area (Å²) in [6.07, 6.45) is 0.524. The van der Waals surface area contributed by atoms with Crippen LogP contribution in [0.15, 0.2) is 72.8 Å². The lowest BCUT2D eigenvalue weighted by atomic mass is 9.97. The van der Waals surface area contributed by atoms with Gasteiger partial charge in [0.2, 0.25) is 0 Å². The number of nitro benzene ring substituents is 1. The number of methoxy groups -OCH3 is 1. The molecule has 2 aromatic heterocycles. The molecular weight excluding hydrogens is 442 g/mol. The highest BCUT2D eigenvalue weighted by atomic mass is 16.6. The molecule has 0 fully saturated rings. The average molecular weight is 463 g/mol. The Balaban J connectivity index is 1.84. The Morgan fingerprint density at radius 2 is 1.86 bits per heavy atom. The monoisotopic (exact) mass is 463 g/mol. The van der Waals surface area contributed by atoms with Crippen molar-refractivity contribution >= 4 is 33.9 Å². The van der Waals surface area contributed by atoms with E-state index in [0.29, 0.717) is 34.9 Å². The minimum absolute atomic E-state index is 0.116. The van der Waals surface area contributed by atoms with Gasteiger partial charge in [-0.2, -0.15) is 5.26 Å². The first-order valence-electron chi connectivity index (χ1n) is 11.0. The summed E-state index contributed by atoms with van der Waals surface area (Å²) >= 11 is 0. The number of para-hydroxylation sites is 2. The fourth-order valence-corrected chi connectivity index (χ4v) is 4.36. The number of nitro groups is 1. The van der Waals surface area contributed by atoms with Crippen LogP contribution in [-0.4, -0.2) is 21.4 Å². The molecule has 0 aliphatic rings. The first kappa shape index (κ1) is 21.9. The molecule has 0 atom stereocenters. The molecule has 0 amide bonds. The molecular formula is C27H21N5O3. The van der Waals surface area contributed by atoms with Crippen molar-refractivity contribution in [2.24, 2.45) is 0 Å².